The molecule has 0 nitrogen and oxygen atoms in total. The molecule has 2 heteroatoms. The van der Waals surface area contributed by atoms with Gasteiger partial charge in [0.2, 0.25) is 0 Å². The molecule has 0 atom stereocenters. The van der Waals surface area contributed by atoms with Crippen molar-refractivity contribution >= 4 is 28.6 Å². The Morgan fingerprint density at radius 1 is 1.36 bits per heavy atom. The van der Waals surface area contributed by atoms with Gasteiger partial charge in [-0.1, -0.05) is 28.1 Å². The van der Waals surface area contributed by atoms with E-state index in [9.17, 15) is 0 Å². The Hall–Kier alpha value is 0.0500. The molecule has 0 fully saturated rings. The zero-order chi connectivity index (χ0) is 8.48. The molecule has 0 N–H and O–H groups in total. The molecule has 0 spiro atoms. The van der Waals surface area contributed by atoms with Crippen molar-refractivity contribution in [3.05, 3.63) is 34.3 Å². The van der Waals surface area contributed by atoms with E-state index in [2.05, 4.69) is 54.5 Å². The Bertz CT molecular complexity index is 250. The van der Waals surface area contributed by atoms with Gasteiger partial charge in [0.15, 0.2) is 0 Å². The van der Waals surface area contributed by atoms with E-state index in [1.165, 1.54) is 5.56 Å². The highest BCUT2D eigenvalue weighted by molar-refractivity contribution is 9.10. The summed E-state index contributed by atoms with van der Waals surface area (Å²) in [6.45, 7) is 4.16. The lowest BCUT2D eigenvalue weighted by Crippen LogP contribution is -2.06. The first kappa shape index (κ1) is 9.14. The summed E-state index contributed by atoms with van der Waals surface area (Å²) in [5.41, 5.74) is 1.23. The van der Waals surface area contributed by atoms with Gasteiger partial charge in [0.1, 0.15) is 0 Å². The highest BCUT2D eigenvalue weighted by Crippen LogP contribution is 2.28. The molecule has 1 aromatic carbocycles. The zero-order valence-corrected chi connectivity index (χ0v) is 9.12. The molecular formula is C9H11BrS. The van der Waals surface area contributed by atoms with Crippen molar-refractivity contribution < 1.29 is 0 Å². The van der Waals surface area contributed by atoms with E-state index < -0.39 is 0 Å². The van der Waals surface area contributed by atoms with Gasteiger partial charge in [-0.2, -0.15) is 12.6 Å². The first-order valence-corrected chi connectivity index (χ1v) is 4.72. The lowest BCUT2D eigenvalue weighted by Gasteiger charge is -2.17. The van der Waals surface area contributed by atoms with Crippen LogP contribution in [0.4, 0.5) is 0 Å². The maximum Gasteiger partial charge on any atom is 0.0322 e. The molecule has 0 bridgehead atoms. The summed E-state index contributed by atoms with van der Waals surface area (Å²) in [6.07, 6.45) is 0. The van der Waals surface area contributed by atoms with Gasteiger partial charge in [0.05, 0.1) is 0 Å². The molecule has 0 aliphatic rings. The predicted molar refractivity (Wildman–Crippen MR) is 56.2 cm³/mol. The summed E-state index contributed by atoms with van der Waals surface area (Å²) in [4.78, 5) is 0. The summed E-state index contributed by atoms with van der Waals surface area (Å²) in [5.74, 6) is 0. The largest absolute Gasteiger partial charge is 0.168 e. The molecule has 0 aliphatic carbocycles. The fourth-order valence-electron chi connectivity index (χ4n) is 0.869. The summed E-state index contributed by atoms with van der Waals surface area (Å²) >= 11 is 7.89. The van der Waals surface area contributed by atoms with Gasteiger partial charge in [-0.3, -0.25) is 0 Å². The standard InChI is InChI=1S/C9H11BrS/c1-9(2,11)7-4-3-5-8(10)6-7/h3-6,11H,1-2H3. The fourth-order valence-corrected chi connectivity index (χ4v) is 1.41. The molecule has 1 aromatic rings. The van der Waals surface area contributed by atoms with E-state index in [0.717, 1.165) is 4.47 Å². The molecule has 0 heterocycles. The number of halogens is 1. The smallest absolute Gasteiger partial charge is 0.0322 e. The molecule has 11 heavy (non-hydrogen) atoms. The number of hydrogen-bond donors (Lipinski definition) is 1. The SMILES string of the molecule is CC(C)(S)c1cccc(Br)c1. The maximum absolute atomic E-state index is 4.47. The zero-order valence-electron chi connectivity index (χ0n) is 6.63. The van der Waals surface area contributed by atoms with Crippen molar-refractivity contribution in [1.29, 1.82) is 0 Å². The van der Waals surface area contributed by atoms with Gasteiger partial charge < -0.3 is 0 Å². The number of benzene rings is 1. The minimum absolute atomic E-state index is 0.0518. The molecular weight excluding hydrogens is 220 g/mol. The van der Waals surface area contributed by atoms with Crippen LogP contribution in [0.1, 0.15) is 19.4 Å². The van der Waals surface area contributed by atoms with Crippen LogP contribution in [0.2, 0.25) is 0 Å². The van der Waals surface area contributed by atoms with E-state index in [0.29, 0.717) is 0 Å². The van der Waals surface area contributed by atoms with E-state index in [4.69, 9.17) is 0 Å². The van der Waals surface area contributed by atoms with Crippen LogP contribution in [0.5, 0.6) is 0 Å². The molecule has 1 rings (SSSR count). The van der Waals surface area contributed by atoms with E-state index >= 15 is 0 Å². The molecule has 0 saturated carbocycles. The van der Waals surface area contributed by atoms with E-state index in [1.807, 2.05) is 12.1 Å². The number of rotatable bonds is 1. The fraction of sp³-hybridized carbons (Fsp3) is 0.333. The average molecular weight is 231 g/mol. The van der Waals surface area contributed by atoms with Crippen LogP contribution in [0.3, 0.4) is 0 Å². The maximum atomic E-state index is 4.47. The second kappa shape index (κ2) is 3.20. The molecule has 0 amide bonds. The predicted octanol–water partition coefficient (Wildman–Crippen LogP) is 3.61. The summed E-state index contributed by atoms with van der Waals surface area (Å²) in [7, 11) is 0. The minimum atomic E-state index is -0.0518. The van der Waals surface area contributed by atoms with Gasteiger partial charge in [-0.15, -0.1) is 0 Å². The Kier molecular flexibility index (Phi) is 2.66. The van der Waals surface area contributed by atoms with Gasteiger partial charge in [0.25, 0.3) is 0 Å². The van der Waals surface area contributed by atoms with Crippen LogP contribution in [0.25, 0.3) is 0 Å². The van der Waals surface area contributed by atoms with Crippen LogP contribution in [-0.2, 0) is 4.75 Å². The van der Waals surface area contributed by atoms with Gasteiger partial charge in [-0.25, -0.2) is 0 Å². The van der Waals surface area contributed by atoms with Crippen molar-refractivity contribution in [3.8, 4) is 0 Å². The van der Waals surface area contributed by atoms with Gasteiger partial charge in [-0.05, 0) is 31.5 Å². The molecule has 0 radical (unpaired) electrons. The highest BCUT2D eigenvalue weighted by Gasteiger charge is 2.13. The highest BCUT2D eigenvalue weighted by atomic mass is 79.9. The molecule has 60 valence electrons. The number of hydrogen-bond acceptors (Lipinski definition) is 1. The normalized spacial score (nSPS) is 11.6. The molecule has 0 aliphatic heterocycles. The third kappa shape index (κ3) is 2.53. The van der Waals surface area contributed by atoms with Gasteiger partial charge in [0, 0.05) is 9.22 Å². The molecule has 0 saturated heterocycles. The lowest BCUT2D eigenvalue weighted by atomic mass is 10.0. The van der Waals surface area contributed by atoms with E-state index in [-0.39, 0.29) is 4.75 Å². The summed E-state index contributed by atoms with van der Waals surface area (Å²) in [5, 5.41) is 0. The van der Waals surface area contributed by atoms with Crippen LogP contribution in [-0.4, -0.2) is 0 Å². The lowest BCUT2D eigenvalue weighted by molar-refractivity contribution is 0.790. The summed E-state index contributed by atoms with van der Waals surface area (Å²) < 4.78 is 1.06. The van der Waals surface area contributed by atoms with Crippen LogP contribution in [0, 0.1) is 0 Å². The Balaban J connectivity index is 3.06. The molecule has 0 unspecified atom stereocenters. The van der Waals surface area contributed by atoms with Crippen molar-refractivity contribution in [2.24, 2.45) is 0 Å². The minimum Gasteiger partial charge on any atom is -0.168 e. The van der Waals surface area contributed by atoms with Crippen LogP contribution < -0.4 is 0 Å². The topological polar surface area (TPSA) is 0 Å². The van der Waals surface area contributed by atoms with Crippen LogP contribution in [0.15, 0.2) is 28.7 Å². The van der Waals surface area contributed by atoms with Gasteiger partial charge >= 0.3 is 0 Å². The number of thiol groups is 1. The van der Waals surface area contributed by atoms with Crippen molar-refractivity contribution in [2.75, 3.05) is 0 Å². The first-order valence-electron chi connectivity index (χ1n) is 3.48. The summed E-state index contributed by atoms with van der Waals surface area (Å²) in [6, 6.07) is 8.21. The van der Waals surface area contributed by atoms with E-state index in [1.54, 1.807) is 0 Å². The third-order valence-electron chi connectivity index (χ3n) is 1.53. The average Bonchev–Trinajstić information content (AvgIpc) is 1.86. The monoisotopic (exact) mass is 230 g/mol. The van der Waals surface area contributed by atoms with Crippen molar-refractivity contribution in [1.82, 2.24) is 0 Å². The van der Waals surface area contributed by atoms with Crippen LogP contribution >= 0.6 is 28.6 Å². The second-order valence-corrected chi connectivity index (χ2v) is 5.10. The van der Waals surface area contributed by atoms with Crippen molar-refractivity contribution in [3.63, 3.8) is 0 Å². The Morgan fingerprint density at radius 3 is 2.36 bits per heavy atom. The Morgan fingerprint density at radius 2 is 2.00 bits per heavy atom. The quantitative estimate of drug-likeness (QED) is 0.701. The third-order valence-corrected chi connectivity index (χ3v) is 2.28. The molecule has 0 aromatic heterocycles. The first-order chi connectivity index (χ1) is 5.00. The second-order valence-electron chi connectivity index (χ2n) is 3.07. The Labute approximate surface area is 81.5 Å². The van der Waals surface area contributed by atoms with Crippen molar-refractivity contribution in [2.45, 2.75) is 18.6 Å².